The highest BCUT2D eigenvalue weighted by molar-refractivity contribution is 6.42. The van der Waals surface area contributed by atoms with Gasteiger partial charge in [0.1, 0.15) is 6.61 Å². The summed E-state index contributed by atoms with van der Waals surface area (Å²) >= 11 is 11.9. The zero-order valence-corrected chi connectivity index (χ0v) is 16.9. The van der Waals surface area contributed by atoms with Gasteiger partial charge in [-0.15, -0.1) is 0 Å². The number of hydrogen-bond acceptors (Lipinski definition) is 3. The maximum atomic E-state index is 12.4. The van der Waals surface area contributed by atoms with Crippen molar-refractivity contribution in [2.24, 2.45) is 4.99 Å². The van der Waals surface area contributed by atoms with Crippen molar-refractivity contribution >= 4 is 41.2 Å². The summed E-state index contributed by atoms with van der Waals surface area (Å²) < 4.78 is 5.41. The topological polar surface area (TPSA) is 41.9 Å². The number of nitrogens with zero attached hydrogens (tertiary/aromatic N) is 2. The quantitative estimate of drug-likeness (QED) is 0.366. The highest BCUT2D eigenvalue weighted by atomic mass is 35.5. The van der Waals surface area contributed by atoms with Crippen molar-refractivity contribution < 1.29 is 9.53 Å². The molecule has 26 heavy (non-hydrogen) atoms. The van der Waals surface area contributed by atoms with E-state index in [1.807, 2.05) is 37.9 Å². The summed E-state index contributed by atoms with van der Waals surface area (Å²) in [5, 5.41) is 0.907. The van der Waals surface area contributed by atoms with Gasteiger partial charge >= 0.3 is 5.97 Å². The fourth-order valence-corrected chi connectivity index (χ4v) is 2.58. The van der Waals surface area contributed by atoms with Gasteiger partial charge in [0, 0.05) is 13.6 Å². The molecule has 2 rings (SSSR count). The Labute approximate surface area is 164 Å². The summed E-state index contributed by atoms with van der Waals surface area (Å²) in [6, 6.07) is 8.86. The number of ether oxygens (including phenoxy) is 1. The van der Waals surface area contributed by atoms with Gasteiger partial charge in [-0.05, 0) is 61.7 Å². The second-order valence-electron chi connectivity index (χ2n) is 6.10. The van der Waals surface area contributed by atoms with E-state index in [9.17, 15) is 4.79 Å². The number of halogens is 2. The van der Waals surface area contributed by atoms with E-state index >= 15 is 0 Å². The van der Waals surface area contributed by atoms with E-state index in [0.717, 1.165) is 28.9 Å². The molecule has 0 atom stereocenters. The number of esters is 1. The van der Waals surface area contributed by atoms with Gasteiger partial charge in [-0.2, -0.15) is 0 Å². The van der Waals surface area contributed by atoms with Crippen LogP contribution in [0, 0.1) is 13.8 Å². The van der Waals surface area contributed by atoms with E-state index in [1.165, 1.54) is 0 Å². The number of carbonyl (C=O) groups excluding carboxylic acids is 1. The largest absolute Gasteiger partial charge is 0.457 e. The lowest BCUT2D eigenvalue weighted by molar-refractivity contribution is 0.0472. The maximum Gasteiger partial charge on any atom is 0.338 e. The highest BCUT2D eigenvalue weighted by Crippen LogP contribution is 2.25. The third-order valence-corrected chi connectivity index (χ3v) is 4.75. The number of rotatable bonds is 6. The van der Waals surface area contributed by atoms with Gasteiger partial charge < -0.3 is 9.64 Å². The SMILES string of the molecule is CCN(C)/C=N/c1cc(C)c(C(=O)OCc2ccc(Cl)c(Cl)c2)cc1C. The lowest BCUT2D eigenvalue weighted by atomic mass is 10.0. The molecule has 0 heterocycles. The van der Waals surface area contributed by atoms with Crippen molar-refractivity contribution in [3.05, 3.63) is 62.6 Å². The van der Waals surface area contributed by atoms with Crippen molar-refractivity contribution in [1.29, 1.82) is 0 Å². The first kappa shape index (κ1) is 20.3. The van der Waals surface area contributed by atoms with Crippen LogP contribution < -0.4 is 0 Å². The van der Waals surface area contributed by atoms with E-state index < -0.39 is 0 Å². The Hall–Kier alpha value is -2.04. The molecule has 0 bridgehead atoms. The predicted molar refractivity (Wildman–Crippen MR) is 108 cm³/mol. The zero-order chi connectivity index (χ0) is 19.3. The fraction of sp³-hybridized carbons (Fsp3) is 0.300. The van der Waals surface area contributed by atoms with Gasteiger partial charge in [-0.1, -0.05) is 29.3 Å². The lowest BCUT2D eigenvalue weighted by Crippen LogP contribution is -2.14. The average Bonchev–Trinajstić information content (AvgIpc) is 2.62. The number of carbonyl (C=O) groups is 1. The summed E-state index contributed by atoms with van der Waals surface area (Å²) in [6.07, 6.45) is 1.78. The molecular weight excluding hydrogens is 371 g/mol. The van der Waals surface area contributed by atoms with Crippen molar-refractivity contribution in [2.45, 2.75) is 27.4 Å². The molecule has 2 aromatic rings. The van der Waals surface area contributed by atoms with Crippen LogP contribution in [0.4, 0.5) is 5.69 Å². The van der Waals surface area contributed by atoms with E-state index in [0.29, 0.717) is 15.6 Å². The normalized spacial score (nSPS) is 11.0. The molecule has 0 aliphatic rings. The summed E-state index contributed by atoms with van der Waals surface area (Å²) in [5.41, 5.74) is 3.89. The Morgan fingerprint density at radius 1 is 1.15 bits per heavy atom. The van der Waals surface area contributed by atoms with Gasteiger partial charge in [-0.3, -0.25) is 0 Å². The molecule has 0 amide bonds. The molecule has 0 aliphatic carbocycles. The van der Waals surface area contributed by atoms with Gasteiger partial charge in [-0.25, -0.2) is 9.79 Å². The van der Waals surface area contributed by atoms with E-state index in [1.54, 1.807) is 24.5 Å². The Kier molecular flexibility index (Phi) is 7.06. The van der Waals surface area contributed by atoms with Gasteiger partial charge in [0.05, 0.1) is 27.6 Å². The fourth-order valence-electron chi connectivity index (χ4n) is 2.26. The second-order valence-corrected chi connectivity index (χ2v) is 6.91. The molecule has 0 fully saturated rings. The molecule has 6 heteroatoms. The van der Waals surface area contributed by atoms with Crippen molar-refractivity contribution in [2.75, 3.05) is 13.6 Å². The molecule has 0 saturated carbocycles. The zero-order valence-electron chi connectivity index (χ0n) is 15.3. The minimum atomic E-state index is -0.377. The van der Waals surface area contributed by atoms with Crippen LogP contribution in [-0.4, -0.2) is 30.8 Å². The van der Waals surface area contributed by atoms with Gasteiger partial charge in [0.2, 0.25) is 0 Å². The molecule has 0 N–H and O–H groups in total. The Balaban J connectivity index is 2.12. The number of aliphatic imine (C=N–C) groups is 1. The summed E-state index contributed by atoms with van der Waals surface area (Å²) in [5.74, 6) is -0.377. The van der Waals surface area contributed by atoms with Crippen LogP contribution in [0.15, 0.2) is 35.3 Å². The minimum absolute atomic E-state index is 0.134. The molecule has 0 spiro atoms. The van der Waals surface area contributed by atoms with E-state index in [4.69, 9.17) is 27.9 Å². The van der Waals surface area contributed by atoms with Crippen LogP contribution in [-0.2, 0) is 11.3 Å². The average molecular weight is 393 g/mol. The third kappa shape index (κ3) is 5.23. The predicted octanol–water partition coefficient (Wildman–Crippen LogP) is 5.58. The van der Waals surface area contributed by atoms with Crippen LogP contribution in [0.5, 0.6) is 0 Å². The molecule has 0 saturated heterocycles. The molecule has 2 aromatic carbocycles. The second kappa shape index (κ2) is 9.06. The summed E-state index contributed by atoms with van der Waals surface area (Å²) in [6.45, 7) is 6.86. The number of hydrogen-bond donors (Lipinski definition) is 0. The number of benzene rings is 2. The molecule has 0 radical (unpaired) electrons. The Morgan fingerprint density at radius 3 is 2.54 bits per heavy atom. The first-order valence-electron chi connectivity index (χ1n) is 8.28. The standard InChI is InChI=1S/C20H22Cl2N2O2/c1-5-24(4)12-23-19-9-13(2)16(8-14(19)3)20(25)26-11-15-6-7-17(21)18(22)10-15/h6-10,12H,5,11H2,1-4H3/b23-12+. The monoisotopic (exact) mass is 392 g/mol. The van der Waals surface area contributed by atoms with Crippen LogP contribution >= 0.6 is 23.2 Å². The van der Waals surface area contributed by atoms with Crippen molar-refractivity contribution in [3.8, 4) is 0 Å². The summed E-state index contributed by atoms with van der Waals surface area (Å²) in [4.78, 5) is 18.9. The molecule has 0 aromatic heterocycles. The van der Waals surface area contributed by atoms with Crippen LogP contribution in [0.3, 0.4) is 0 Å². The first-order chi connectivity index (χ1) is 12.3. The molecule has 0 unspecified atom stereocenters. The van der Waals surface area contributed by atoms with Crippen molar-refractivity contribution in [1.82, 2.24) is 4.90 Å². The Bertz CT molecular complexity index is 835. The van der Waals surface area contributed by atoms with Gasteiger partial charge in [0.25, 0.3) is 0 Å². The van der Waals surface area contributed by atoms with Crippen LogP contribution in [0.2, 0.25) is 10.0 Å². The first-order valence-corrected chi connectivity index (χ1v) is 9.04. The number of aryl methyl sites for hydroxylation is 2. The third-order valence-electron chi connectivity index (χ3n) is 4.01. The van der Waals surface area contributed by atoms with Crippen LogP contribution in [0.1, 0.15) is 34.0 Å². The van der Waals surface area contributed by atoms with Gasteiger partial charge in [0.15, 0.2) is 0 Å². The van der Waals surface area contributed by atoms with E-state index in [2.05, 4.69) is 11.9 Å². The highest BCUT2D eigenvalue weighted by Gasteiger charge is 2.13. The molecule has 4 nitrogen and oxygen atoms in total. The van der Waals surface area contributed by atoms with Crippen LogP contribution in [0.25, 0.3) is 0 Å². The van der Waals surface area contributed by atoms with Crippen molar-refractivity contribution in [3.63, 3.8) is 0 Å². The maximum absolute atomic E-state index is 12.4. The minimum Gasteiger partial charge on any atom is -0.457 e. The van der Waals surface area contributed by atoms with E-state index in [-0.39, 0.29) is 12.6 Å². The molecule has 0 aliphatic heterocycles. The molecule has 138 valence electrons. The summed E-state index contributed by atoms with van der Waals surface area (Å²) in [7, 11) is 1.96. The lowest BCUT2D eigenvalue weighted by Gasteiger charge is -2.12. The molecular formula is C20H22Cl2N2O2. The smallest absolute Gasteiger partial charge is 0.338 e. The Morgan fingerprint density at radius 2 is 1.88 bits per heavy atom.